The molecular weight excluding hydrogens is 418 g/mol. The molecule has 0 radical (unpaired) electrons. The van der Waals surface area contributed by atoms with E-state index in [-0.39, 0.29) is 6.04 Å². The molecule has 0 saturated heterocycles. The van der Waals surface area contributed by atoms with Crippen LogP contribution < -0.4 is 10.7 Å². The van der Waals surface area contributed by atoms with Crippen molar-refractivity contribution in [1.82, 2.24) is 9.55 Å². The number of hydrogen-bond acceptors (Lipinski definition) is 4. The number of nitrogens with one attached hydrogen (secondary N) is 1. The van der Waals surface area contributed by atoms with E-state index in [9.17, 15) is 0 Å². The summed E-state index contributed by atoms with van der Waals surface area (Å²) < 4.78 is 2.21. The highest BCUT2D eigenvalue weighted by molar-refractivity contribution is 6.30. The lowest BCUT2D eigenvalue weighted by Gasteiger charge is -2.21. The molecule has 5 rings (SSSR count). The first kappa shape index (κ1) is 20.5. The van der Waals surface area contributed by atoms with Crippen LogP contribution in [0.15, 0.2) is 82.5 Å². The topological polar surface area (TPSA) is 54.6 Å². The van der Waals surface area contributed by atoms with Crippen LogP contribution in [0.25, 0.3) is 28.1 Å². The second kappa shape index (κ2) is 8.60. The molecular formula is C26H24ClN5. The number of para-hydroxylation sites is 2. The summed E-state index contributed by atoms with van der Waals surface area (Å²) in [4.78, 5) is 14.2. The molecule has 5 nitrogen and oxygen atoms in total. The first-order chi connectivity index (χ1) is 15.6. The van der Waals surface area contributed by atoms with Gasteiger partial charge in [0.15, 0.2) is 0 Å². The number of rotatable bonds is 4. The van der Waals surface area contributed by atoms with Crippen LogP contribution in [0.4, 0.5) is 5.69 Å². The standard InChI is InChI=1S/C26H24ClN5/c1-17(2)29-23-15-26-24(14-22(23)30-19-8-6-12-28-16-19)31-21-10-3-4-11-25(21)32(26)20-9-5-7-18(27)13-20/h3-5,7,9-17,30H,6,8H2,1-2H3. The van der Waals surface area contributed by atoms with E-state index in [2.05, 4.69) is 53.0 Å². The smallest absolute Gasteiger partial charge is 0.0900 e. The highest BCUT2D eigenvalue weighted by Gasteiger charge is 2.17. The molecule has 2 aliphatic heterocycles. The molecule has 3 aliphatic rings. The van der Waals surface area contributed by atoms with E-state index in [1.807, 2.05) is 48.8 Å². The van der Waals surface area contributed by atoms with Crippen LogP contribution in [-0.2, 0) is 0 Å². The van der Waals surface area contributed by atoms with E-state index in [1.165, 1.54) is 0 Å². The van der Waals surface area contributed by atoms with E-state index in [4.69, 9.17) is 21.6 Å². The van der Waals surface area contributed by atoms with Gasteiger partial charge in [-0.3, -0.25) is 9.98 Å². The zero-order chi connectivity index (χ0) is 22.1. The average molecular weight is 442 g/mol. The number of nitrogens with zero attached hydrogens (tertiary/aromatic N) is 4. The molecule has 160 valence electrons. The summed E-state index contributed by atoms with van der Waals surface area (Å²) in [6.45, 7) is 4.17. The van der Waals surface area contributed by atoms with Crippen molar-refractivity contribution in [3.05, 3.63) is 82.9 Å². The third-order valence-electron chi connectivity index (χ3n) is 5.33. The Kier molecular flexibility index (Phi) is 5.50. The second-order valence-electron chi connectivity index (χ2n) is 8.15. The van der Waals surface area contributed by atoms with Crippen molar-refractivity contribution < 1.29 is 0 Å². The lowest BCUT2D eigenvalue weighted by atomic mass is 10.1. The maximum absolute atomic E-state index is 6.36. The summed E-state index contributed by atoms with van der Waals surface area (Å²) in [7, 11) is 0. The van der Waals surface area contributed by atoms with Gasteiger partial charge in [0.2, 0.25) is 0 Å². The molecule has 1 N–H and O–H groups in total. The largest absolute Gasteiger partial charge is 0.356 e. The van der Waals surface area contributed by atoms with Crippen molar-refractivity contribution in [2.75, 3.05) is 5.32 Å². The fourth-order valence-corrected chi connectivity index (χ4v) is 4.17. The van der Waals surface area contributed by atoms with Gasteiger partial charge < -0.3 is 9.88 Å². The number of anilines is 1. The van der Waals surface area contributed by atoms with Gasteiger partial charge in [-0.05, 0) is 69.2 Å². The zero-order valence-corrected chi connectivity index (χ0v) is 18.8. The van der Waals surface area contributed by atoms with E-state index >= 15 is 0 Å². The Bertz CT molecular complexity index is 1400. The predicted octanol–water partition coefficient (Wildman–Crippen LogP) is 6.21. The van der Waals surface area contributed by atoms with Crippen molar-refractivity contribution in [3.8, 4) is 17.1 Å². The van der Waals surface area contributed by atoms with Crippen LogP contribution in [0.5, 0.6) is 0 Å². The molecule has 2 heterocycles. The Morgan fingerprint density at radius 3 is 2.72 bits per heavy atom. The van der Waals surface area contributed by atoms with Crippen LogP contribution in [0, 0.1) is 0 Å². The maximum atomic E-state index is 6.36. The van der Waals surface area contributed by atoms with Crippen LogP contribution in [0.3, 0.4) is 0 Å². The van der Waals surface area contributed by atoms with E-state index < -0.39 is 0 Å². The summed E-state index contributed by atoms with van der Waals surface area (Å²) in [6, 6.07) is 20.4. The quantitative estimate of drug-likeness (QED) is 0.383. The van der Waals surface area contributed by atoms with Crippen LogP contribution in [0.1, 0.15) is 26.7 Å². The molecule has 0 unspecified atom stereocenters. The molecule has 6 heteroatoms. The fourth-order valence-electron chi connectivity index (χ4n) is 3.99. The lowest BCUT2D eigenvalue weighted by Crippen LogP contribution is -2.18. The van der Waals surface area contributed by atoms with Gasteiger partial charge in [0.25, 0.3) is 0 Å². The Labute approximate surface area is 192 Å². The number of hydrogen-bond donors (Lipinski definition) is 1. The number of halogens is 1. The highest BCUT2D eigenvalue weighted by Crippen LogP contribution is 2.31. The molecule has 0 bridgehead atoms. The molecule has 0 amide bonds. The summed E-state index contributed by atoms with van der Waals surface area (Å²) >= 11 is 6.36. The van der Waals surface area contributed by atoms with Crippen molar-refractivity contribution in [3.63, 3.8) is 0 Å². The average Bonchev–Trinajstić information content (AvgIpc) is 2.78. The van der Waals surface area contributed by atoms with Gasteiger partial charge >= 0.3 is 0 Å². The molecule has 2 aromatic rings. The first-order valence-electron chi connectivity index (χ1n) is 10.8. The van der Waals surface area contributed by atoms with Crippen LogP contribution in [0.2, 0.25) is 5.02 Å². The van der Waals surface area contributed by atoms with Crippen molar-refractivity contribution in [1.29, 1.82) is 0 Å². The van der Waals surface area contributed by atoms with Crippen molar-refractivity contribution >= 4 is 34.5 Å². The number of allylic oxidation sites excluding steroid dienone is 1. The van der Waals surface area contributed by atoms with E-state index in [1.54, 1.807) is 0 Å². The van der Waals surface area contributed by atoms with E-state index in [0.717, 1.165) is 57.7 Å². The minimum Gasteiger partial charge on any atom is -0.356 e. The molecule has 0 atom stereocenters. The van der Waals surface area contributed by atoms with Gasteiger partial charge in [-0.2, -0.15) is 0 Å². The number of benzene rings is 3. The fraction of sp³-hybridized carbons (Fsp3) is 0.192. The number of aromatic nitrogens is 2. The maximum Gasteiger partial charge on any atom is 0.0900 e. The molecule has 0 fully saturated rings. The van der Waals surface area contributed by atoms with Gasteiger partial charge in [0, 0.05) is 34.9 Å². The third-order valence-corrected chi connectivity index (χ3v) is 5.57. The Morgan fingerprint density at radius 2 is 1.94 bits per heavy atom. The van der Waals surface area contributed by atoms with Gasteiger partial charge in [0.05, 0.1) is 33.5 Å². The number of aliphatic imine (C=N–C) groups is 1. The minimum atomic E-state index is 0.152. The summed E-state index contributed by atoms with van der Waals surface area (Å²) in [6.07, 6.45) is 5.68. The molecule has 0 aromatic heterocycles. The lowest BCUT2D eigenvalue weighted by molar-refractivity contribution is 0.805. The highest BCUT2D eigenvalue weighted by atomic mass is 35.5. The summed E-state index contributed by atoms with van der Waals surface area (Å²) in [5.41, 5.74) is 6.80. The summed E-state index contributed by atoms with van der Waals surface area (Å²) in [5, 5.41) is 5.14. The molecule has 32 heavy (non-hydrogen) atoms. The Hall–Kier alpha value is -3.44. The van der Waals surface area contributed by atoms with Gasteiger partial charge in [-0.1, -0.05) is 29.8 Å². The van der Waals surface area contributed by atoms with Crippen LogP contribution in [-0.4, -0.2) is 21.8 Å². The molecule has 0 saturated carbocycles. The second-order valence-corrected chi connectivity index (χ2v) is 8.58. The normalized spacial score (nSPS) is 14.4. The molecule has 2 aromatic carbocycles. The summed E-state index contributed by atoms with van der Waals surface area (Å²) in [5.74, 6) is 0. The number of fused-ring (bicyclic) bond motifs is 2. The van der Waals surface area contributed by atoms with Gasteiger partial charge in [0.1, 0.15) is 0 Å². The van der Waals surface area contributed by atoms with Crippen molar-refractivity contribution in [2.24, 2.45) is 9.98 Å². The minimum absolute atomic E-state index is 0.152. The Morgan fingerprint density at radius 1 is 1.06 bits per heavy atom. The molecule has 0 spiro atoms. The molecule has 1 aliphatic carbocycles. The van der Waals surface area contributed by atoms with Crippen molar-refractivity contribution in [2.45, 2.75) is 32.7 Å². The monoisotopic (exact) mass is 441 g/mol. The zero-order valence-electron chi connectivity index (χ0n) is 18.1. The SMILES string of the molecule is CC(C)N=c1cc2n(-c3cccc(Cl)c3)c3ccccc3nc-2cc1NC1=CN=CCC1. The van der Waals surface area contributed by atoms with Gasteiger partial charge in [-0.15, -0.1) is 0 Å². The van der Waals surface area contributed by atoms with Crippen LogP contribution >= 0.6 is 11.6 Å². The predicted molar refractivity (Wildman–Crippen MR) is 133 cm³/mol. The van der Waals surface area contributed by atoms with Gasteiger partial charge in [-0.25, -0.2) is 4.98 Å². The Balaban J connectivity index is 1.82. The third kappa shape index (κ3) is 4.04. The first-order valence-corrected chi connectivity index (χ1v) is 11.2. The van der Waals surface area contributed by atoms with E-state index in [0.29, 0.717) is 5.02 Å².